The predicted molar refractivity (Wildman–Crippen MR) is 97.8 cm³/mol. The number of fused-ring (bicyclic) bond motifs is 1. The van der Waals surface area contributed by atoms with Crippen LogP contribution in [0, 0.1) is 0 Å². The average Bonchev–Trinajstić information content (AvgIpc) is 2.61. The van der Waals surface area contributed by atoms with Crippen LogP contribution in [0.3, 0.4) is 0 Å². The van der Waals surface area contributed by atoms with Gasteiger partial charge in [0.2, 0.25) is 0 Å². The van der Waals surface area contributed by atoms with Gasteiger partial charge in [-0.2, -0.15) is 0 Å². The molecule has 0 radical (unpaired) electrons. The van der Waals surface area contributed by atoms with Crippen molar-refractivity contribution in [2.24, 2.45) is 0 Å². The molecule has 0 aliphatic carbocycles. The highest BCUT2D eigenvalue weighted by molar-refractivity contribution is 7.90. The molecule has 3 rings (SSSR count). The highest BCUT2D eigenvalue weighted by Crippen LogP contribution is 2.23. The van der Waals surface area contributed by atoms with Gasteiger partial charge in [0.15, 0.2) is 9.84 Å². The predicted octanol–water partition coefficient (Wildman–Crippen LogP) is 2.70. The lowest BCUT2D eigenvalue weighted by Crippen LogP contribution is -2.07. The van der Waals surface area contributed by atoms with Crippen LogP contribution in [0.4, 0.5) is 5.82 Å². The van der Waals surface area contributed by atoms with Crippen LogP contribution in [0.5, 0.6) is 5.75 Å². The van der Waals surface area contributed by atoms with E-state index in [1.165, 1.54) is 12.6 Å². The minimum absolute atomic E-state index is 0.255. The Hall–Kier alpha value is -2.67. The van der Waals surface area contributed by atoms with Gasteiger partial charge in [-0.05, 0) is 42.3 Å². The van der Waals surface area contributed by atoms with Gasteiger partial charge in [-0.1, -0.05) is 12.1 Å². The van der Waals surface area contributed by atoms with Crippen molar-refractivity contribution in [3.8, 4) is 5.75 Å². The molecule has 130 valence electrons. The number of ether oxygens (including phenoxy) is 1. The third-order valence-electron chi connectivity index (χ3n) is 3.88. The summed E-state index contributed by atoms with van der Waals surface area (Å²) in [6.45, 7) is 0.655. The second-order valence-corrected chi connectivity index (χ2v) is 7.72. The van der Waals surface area contributed by atoms with Crippen molar-refractivity contribution in [1.29, 1.82) is 0 Å². The number of rotatable bonds is 6. The molecule has 1 heterocycles. The molecule has 0 fully saturated rings. The highest BCUT2D eigenvalue weighted by atomic mass is 32.2. The standard InChI is InChI=1S/C18H19N3O3S/c1-24-14-5-3-4-13(10-14)8-9-19-18-16-11-15(25(2,22)23)6-7-17(16)20-12-21-18/h3-7,10-12H,8-9H2,1-2H3,(H,19,20,21). The molecule has 7 heteroatoms. The molecule has 25 heavy (non-hydrogen) atoms. The summed E-state index contributed by atoms with van der Waals surface area (Å²) in [4.78, 5) is 8.70. The highest BCUT2D eigenvalue weighted by Gasteiger charge is 2.11. The summed E-state index contributed by atoms with van der Waals surface area (Å²) in [5.41, 5.74) is 1.84. The minimum Gasteiger partial charge on any atom is -0.497 e. The molecule has 0 saturated heterocycles. The fourth-order valence-electron chi connectivity index (χ4n) is 2.56. The van der Waals surface area contributed by atoms with Crippen LogP contribution in [-0.4, -0.2) is 38.3 Å². The molecule has 1 aromatic heterocycles. The number of hydrogen-bond donors (Lipinski definition) is 1. The molecule has 0 aliphatic rings. The molecule has 0 unspecified atom stereocenters. The molecule has 1 N–H and O–H groups in total. The van der Waals surface area contributed by atoms with Crippen molar-refractivity contribution in [2.75, 3.05) is 25.2 Å². The second kappa shape index (κ2) is 7.06. The maximum Gasteiger partial charge on any atom is 0.175 e. The smallest absolute Gasteiger partial charge is 0.175 e. The Morgan fingerprint density at radius 2 is 1.96 bits per heavy atom. The Bertz CT molecular complexity index is 1000. The molecule has 2 aromatic carbocycles. The van der Waals surface area contributed by atoms with Crippen LogP contribution in [-0.2, 0) is 16.3 Å². The Morgan fingerprint density at radius 3 is 2.72 bits per heavy atom. The Morgan fingerprint density at radius 1 is 1.12 bits per heavy atom. The molecular formula is C18H19N3O3S. The summed E-state index contributed by atoms with van der Waals surface area (Å²) in [7, 11) is -1.64. The summed E-state index contributed by atoms with van der Waals surface area (Å²) in [6.07, 6.45) is 3.44. The van der Waals surface area contributed by atoms with Crippen LogP contribution < -0.4 is 10.1 Å². The lowest BCUT2D eigenvalue weighted by atomic mass is 10.1. The maximum atomic E-state index is 11.8. The van der Waals surface area contributed by atoms with E-state index in [4.69, 9.17) is 4.74 Å². The number of nitrogens with one attached hydrogen (secondary N) is 1. The maximum absolute atomic E-state index is 11.8. The topological polar surface area (TPSA) is 81.2 Å². The SMILES string of the molecule is COc1cccc(CCNc2ncnc3ccc(S(C)(=O)=O)cc23)c1. The fourth-order valence-corrected chi connectivity index (χ4v) is 3.21. The summed E-state index contributed by atoms with van der Waals surface area (Å²) in [5.74, 6) is 1.45. The zero-order chi connectivity index (χ0) is 17.9. The number of sulfone groups is 1. The molecular weight excluding hydrogens is 338 g/mol. The van der Waals surface area contributed by atoms with Crippen LogP contribution in [0.1, 0.15) is 5.56 Å². The van der Waals surface area contributed by atoms with Crippen LogP contribution in [0.15, 0.2) is 53.7 Å². The van der Waals surface area contributed by atoms with E-state index in [2.05, 4.69) is 15.3 Å². The van der Waals surface area contributed by atoms with E-state index in [9.17, 15) is 8.42 Å². The van der Waals surface area contributed by atoms with Gasteiger partial charge in [0.25, 0.3) is 0 Å². The number of hydrogen-bond acceptors (Lipinski definition) is 6. The molecule has 0 amide bonds. The lowest BCUT2D eigenvalue weighted by molar-refractivity contribution is 0.414. The first-order valence-electron chi connectivity index (χ1n) is 7.79. The van der Waals surface area contributed by atoms with Crippen LogP contribution in [0.25, 0.3) is 10.9 Å². The number of methoxy groups -OCH3 is 1. The van der Waals surface area contributed by atoms with Crippen molar-refractivity contribution in [1.82, 2.24) is 9.97 Å². The van der Waals surface area contributed by atoms with Crippen molar-refractivity contribution in [3.05, 3.63) is 54.4 Å². The number of benzene rings is 2. The van der Waals surface area contributed by atoms with E-state index in [-0.39, 0.29) is 4.90 Å². The quantitative estimate of drug-likeness (QED) is 0.730. The monoisotopic (exact) mass is 357 g/mol. The zero-order valence-corrected chi connectivity index (χ0v) is 14.9. The van der Waals surface area contributed by atoms with Gasteiger partial charge < -0.3 is 10.1 Å². The fraction of sp³-hybridized carbons (Fsp3) is 0.222. The second-order valence-electron chi connectivity index (χ2n) is 5.70. The van der Waals surface area contributed by atoms with E-state index in [0.29, 0.717) is 23.3 Å². The molecule has 0 saturated carbocycles. The van der Waals surface area contributed by atoms with Gasteiger partial charge in [0.05, 0.1) is 17.5 Å². The average molecular weight is 357 g/mol. The summed E-state index contributed by atoms with van der Waals surface area (Å²) < 4.78 is 28.8. The van der Waals surface area contributed by atoms with Crippen LogP contribution in [0.2, 0.25) is 0 Å². The van der Waals surface area contributed by atoms with Gasteiger partial charge >= 0.3 is 0 Å². The van der Waals surface area contributed by atoms with E-state index in [1.54, 1.807) is 25.3 Å². The van der Waals surface area contributed by atoms with Crippen molar-refractivity contribution >= 4 is 26.6 Å². The third kappa shape index (κ3) is 4.06. The number of nitrogens with zero attached hydrogens (tertiary/aromatic N) is 2. The molecule has 3 aromatic rings. The van der Waals surface area contributed by atoms with Gasteiger partial charge in [-0.3, -0.25) is 0 Å². The first-order valence-corrected chi connectivity index (χ1v) is 9.68. The van der Waals surface area contributed by atoms with Gasteiger partial charge in [0.1, 0.15) is 17.9 Å². The molecule has 0 bridgehead atoms. The summed E-state index contributed by atoms with van der Waals surface area (Å²) in [6, 6.07) is 12.7. The van der Waals surface area contributed by atoms with Gasteiger partial charge in [0, 0.05) is 18.2 Å². The number of aromatic nitrogens is 2. The Kier molecular flexibility index (Phi) is 4.85. The van der Waals surface area contributed by atoms with Crippen molar-refractivity contribution in [3.63, 3.8) is 0 Å². The first kappa shape index (κ1) is 17.2. The van der Waals surface area contributed by atoms with Crippen molar-refractivity contribution < 1.29 is 13.2 Å². The van der Waals surface area contributed by atoms with E-state index in [1.807, 2.05) is 24.3 Å². The summed E-state index contributed by atoms with van der Waals surface area (Å²) >= 11 is 0. The van der Waals surface area contributed by atoms with Gasteiger partial charge in [-0.25, -0.2) is 18.4 Å². The molecule has 0 spiro atoms. The molecule has 0 atom stereocenters. The zero-order valence-electron chi connectivity index (χ0n) is 14.1. The largest absolute Gasteiger partial charge is 0.497 e. The minimum atomic E-state index is -3.28. The Labute approximate surface area is 146 Å². The lowest BCUT2D eigenvalue weighted by Gasteiger charge is -2.10. The Balaban J connectivity index is 1.81. The molecule has 6 nitrogen and oxygen atoms in total. The van der Waals surface area contributed by atoms with E-state index in [0.717, 1.165) is 17.7 Å². The van der Waals surface area contributed by atoms with Gasteiger partial charge in [-0.15, -0.1) is 0 Å². The number of anilines is 1. The van der Waals surface area contributed by atoms with Crippen molar-refractivity contribution in [2.45, 2.75) is 11.3 Å². The van der Waals surface area contributed by atoms with E-state index < -0.39 is 9.84 Å². The third-order valence-corrected chi connectivity index (χ3v) is 4.99. The van der Waals surface area contributed by atoms with Crippen LogP contribution >= 0.6 is 0 Å². The van der Waals surface area contributed by atoms with E-state index >= 15 is 0 Å². The molecule has 0 aliphatic heterocycles. The first-order chi connectivity index (χ1) is 12.0. The summed E-state index contributed by atoms with van der Waals surface area (Å²) in [5, 5.41) is 3.96. The normalized spacial score (nSPS) is 11.4.